The lowest BCUT2D eigenvalue weighted by Gasteiger charge is -2.35. The Balaban J connectivity index is 1.19. The van der Waals surface area contributed by atoms with Gasteiger partial charge in [-0.1, -0.05) is 0 Å². The van der Waals surface area contributed by atoms with Gasteiger partial charge in [0.1, 0.15) is 22.5 Å². The number of ether oxygens (including phenoxy) is 3. The van der Waals surface area contributed by atoms with E-state index in [0.717, 1.165) is 37.8 Å². The lowest BCUT2D eigenvalue weighted by molar-refractivity contribution is 0.0395. The van der Waals surface area contributed by atoms with Crippen molar-refractivity contribution in [3.05, 3.63) is 67.7 Å². The molecule has 2 aliphatic carbocycles. The van der Waals surface area contributed by atoms with Crippen molar-refractivity contribution in [1.82, 2.24) is 19.8 Å². The number of methoxy groups -OCH3 is 2. The third kappa shape index (κ3) is 6.09. The number of halogens is 2. The molecule has 2 N–H and O–H groups in total. The van der Waals surface area contributed by atoms with Crippen molar-refractivity contribution < 1.29 is 32.6 Å². The van der Waals surface area contributed by atoms with Crippen molar-refractivity contribution in [1.29, 1.82) is 0 Å². The predicted molar refractivity (Wildman–Crippen MR) is 195 cm³/mol. The maximum absolute atomic E-state index is 15.9. The molecule has 2 unspecified atom stereocenters. The van der Waals surface area contributed by atoms with Gasteiger partial charge in [0.25, 0.3) is 0 Å². The normalized spacial score (nSPS) is 20.6. The molecule has 4 aromatic rings. The van der Waals surface area contributed by atoms with E-state index in [4.69, 9.17) is 14.2 Å². The number of carbonyl (C=O) groups excluding carboxylic acids is 2. The molecule has 13 nitrogen and oxygen atoms in total. The number of fused-ring (bicyclic) bond motifs is 2. The van der Waals surface area contributed by atoms with E-state index in [-0.39, 0.29) is 57.8 Å². The number of aromatic nitrogens is 2. The average Bonchev–Trinajstić information content (AvgIpc) is 4.06. The van der Waals surface area contributed by atoms with Crippen LogP contribution in [0.2, 0.25) is 0 Å². The van der Waals surface area contributed by atoms with Crippen LogP contribution in [0.3, 0.4) is 0 Å². The molecule has 0 bridgehead atoms. The van der Waals surface area contributed by atoms with E-state index >= 15 is 8.78 Å². The fourth-order valence-corrected chi connectivity index (χ4v) is 7.90. The number of anilines is 2. The highest BCUT2D eigenvalue weighted by molar-refractivity contribution is 6.06. The van der Waals surface area contributed by atoms with Gasteiger partial charge in [0, 0.05) is 75.8 Å². The van der Waals surface area contributed by atoms with Crippen LogP contribution < -0.4 is 40.8 Å². The topological polar surface area (TPSA) is 136 Å². The quantitative estimate of drug-likeness (QED) is 0.202. The molecule has 4 aliphatic rings. The number of esters is 2. The summed E-state index contributed by atoms with van der Waals surface area (Å²) in [4.78, 5) is 59.0. The molecule has 4 fully saturated rings. The molecule has 8 rings (SSSR count). The molecule has 53 heavy (non-hydrogen) atoms. The van der Waals surface area contributed by atoms with E-state index < -0.39 is 45.6 Å². The second-order valence-corrected chi connectivity index (χ2v) is 14.6. The molecule has 2 aliphatic heterocycles. The fraction of sp³-hybridized carbons (Fsp3) is 0.474. The Bertz CT molecular complexity index is 2140. The van der Waals surface area contributed by atoms with Crippen LogP contribution >= 0.6 is 0 Å². The van der Waals surface area contributed by atoms with E-state index in [1.54, 1.807) is 9.13 Å². The molecule has 15 heteroatoms. The molecule has 2 atom stereocenters. The van der Waals surface area contributed by atoms with E-state index in [2.05, 4.69) is 10.6 Å². The maximum atomic E-state index is 15.9. The summed E-state index contributed by atoms with van der Waals surface area (Å²) >= 11 is 0. The van der Waals surface area contributed by atoms with Crippen molar-refractivity contribution in [3.63, 3.8) is 0 Å². The van der Waals surface area contributed by atoms with E-state index in [9.17, 15) is 19.2 Å². The van der Waals surface area contributed by atoms with Crippen molar-refractivity contribution in [2.45, 2.75) is 63.7 Å². The number of benzene rings is 2. The Kier molecular flexibility index (Phi) is 8.88. The third-order valence-electron chi connectivity index (χ3n) is 10.7. The lowest BCUT2D eigenvalue weighted by Crippen LogP contribution is -2.49. The molecule has 4 heterocycles. The Morgan fingerprint density at radius 3 is 1.43 bits per heavy atom. The monoisotopic (exact) mass is 732 g/mol. The first-order valence-electron chi connectivity index (χ1n) is 18.1. The van der Waals surface area contributed by atoms with Crippen LogP contribution in [0.5, 0.6) is 11.5 Å². The summed E-state index contributed by atoms with van der Waals surface area (Å²) in [6, 6.07) is 2.21. The van der Waals surface area contributed by atoms with Crippen LogP contribution in [-0.4, -0.2) is 86.6 Å². The van der Waals surface area contributed by atoms with Crippen molar-refractivity contribution >= 4 is 45.1 Å². The lowest BCUT2D eigenvalue weighted by atomic mass is 10.1. The number of carbonyl (C=O) groups is 2. The van der Waals surface area contributed by atoms with Crippen LogP contribution in [0, 0.1) is 11.6 Å². The number of pyridine rings is 2. The Morgan fingerprint density at radius 2 is 1.09 bits per heavy atom. The molecule has 2 aromatic heterocycles. The van der Waals surface area contributed by atoms with Gasteiger partial charge in [-0.2, -0.15) is 0 Å². The Hall–Kier alpha value is -5.02. The molecular formula is C38H42F2N6O7. The Morgan fingerprint density at radius 1 is 0.698 bits per heavy atom. The summed E-state index contributed by atoms with van der Waals surface area (Å²) in [5, 5.41) is 6.47. The first kappa shape index (κ1) is 35.0. The van der Waals surface area contributed by atoms with Crippen LogP contribution in [0.1, 0.15) is 72.3 Å². The summed E-state index contributed by atoms with van der Waals surface area (Å²) < 4.78 is 52.1. The van der Waals surface area contributed by atoms with Gasteiger partial charge >= 0.3 is 11.9 Å². The van der Waals surface area contributed by atoms with Crippen LogP contribution in [-0.2, 0) is 4.74 Å². The van der Waals surface area contributed by atoms with Gasteiger partial charge in [-0.05, 0) is 51.7 Å². The maximum Gasteiger partial charge on any atom is 0.351 e. The average molecular weight is 733 g/mol. The SMILES string of the molecule is COc1c(N2CCNC(C)C2)c(F)cc2c(=O)c(C(=O)OC(=O)c3cn(C4CC4)c4c(OC)c(N5CCNC(C)C5)c(F)cc4c3=O)cn(C3CC3)c12. The molecule has 2 saturated carbocycles. The van der Waals surface area contributed by atoms with Gasteiger partial charge in [0.15, 0.2) is 23.1 Å². The summed E-state index contributed by atoms with van der Waals surface area (Å²) in [5.41, 5.74) is -1.51. The van der Waals surface area contributed by atoms with Crippen LogP contribution in [0.25, 0.3) is 21.8 Å². The largest absolute Gasteiger partial charge is 0.492 e. The number of rotatable bonds is 8. The smallest absolute Gasteiger partial charge is 0.351 e. The minimum absolute atomic E-state index is 0.0969. The zero-order valence-electron chi connectivity index (χ0n) is 30.1. The van der Waals surface area contributed by atoms with Gasteiger partial charge in [0.05, 0.1) is 36.0 Å². The van der Waals surface area contributed by atoms with E-state index in [0.29, 0.717) is 50.3 Å². The van der Waals surface area contributed by atoms with Gasteiger partial charge in [-0.3, -0.25) is 9.59 Å². The predicted octanol–water partition coefficient (Wildman–Crippen LogP) is 3.88. The van der Waals surface area contributed by atoms with Crippen LogP contribution in [0.4, 0.5) is 20.2 Å². The zero-order chi connectivity index (χ0) is 37.3. The molecule has 2 saturated heterocycles. The summed E-state index contributed by atoms with van der Waals surface area (Å²) in [5.74, 6) is -3.58. The number of nitrogens with one attached hydrogen (secondary N) is 2. The minimum atomic E-state index is -1.29. The summed E-state index contributed by atoms with van der Waals surface area (Å²) in [6.07, 6.45) is 5.64. The van der Waals surface area contributed by atoms with Gasteiger partial charge in [-0.15, -0.1) is 0 Å². The number of hydrogen-bond acceptors (Lipinski definition) is 11. The van der Waals surface area contributed by atoms with Crippen molar-refractivity contribution in [2.24, 2.45) is 0 Å². The first-order valence-corrected chi connectivity index (χ1v) is 18.1. The second-order valence-electron chi connectivity index (χ2n) is 14.6. The van der Waals surface area contributed by atoms with Gasteiger partial charge in [-0.25, -0.2) is 18.4 Å². The molecule has 280 valence electrons. The highest BCUT2D eigenvalue weighted by Crippen LogP contribution is 2.45. The fourth-order valence-electron chi connectivity index (χ4n) is 7.90. The van der Waals surface area contributed by atoms with Crippen LogP contribution in [0.15, 0.2) is 34.1 Å². The highest BCUT2D eigenvalue weighted by atomic mass is 19.1. The molecule has 0 radical (unpaired) electrons. The molecule has 0 amide bonds. The van der Waals surface area contributed by atoms with Gasteiger partial charge in [0.2, 0.25) is 10.9 Å². The summed E-state index contributed by atoms with van der Waals surface area (Å²) in [6.45, 7) is 7.36. The number of nitrogens with zero attached hydrogens (tertiary/aromatic N) is 4. The van der Waals surface area contributed by atoms with Crippen molar-refractivity contribution in [2.75, 3.05) is 63.3 Å². The van der Waals surface area contributed by atoms with Crippen molar-refractivity contribution in [3.8, 4) is 11.5 Å². The zero-order valence-corrected chi connectivity index (χ0v) is 30.1. The number of hydrogen-bond donors (Lipinski definition) is 2. The molecule has 2 aromatic carbocycles. The Labute approximate surface area is 303 Å². The summed E-state index contributed by atoms with van der Waals surface area (Å²) in [7, 11) is 2.83. The minimum Gasteiger partial charge on any atom is -0.492 e. The standard InChI is InChI=1S/C38H42F2N6O7/c1-19-15-43(11-9-41-19)31-27(39)13-23-29(35(31)51-3)45(21-5-6-21)17-25(33(23)47)37(49)53-38(50)26-18-46(22-7-8-22)30-24(34(26)48)14-28(40)32(36(30)52-4)44-12-10-42-20(2)16-44/h13-14,17-22,41-42H,5-12,15-16H2,1-4H3. The first-order chi connectivity index (χ1) is 25.5. The number of piperazine rings is 2. The third-order valence-corrected chi connectivity index (χ3v) is 10.7. The molecular weight excluding hydrogens is 690 g/mol. The van der Waals surface area contributed by atoms with E-state index in [1.165, 1.54) is 26.6 Å². The highest BCUT2D eigenvalue weighted by Gasteiger charge is 2.35. The van der Waals surface area contributed by atoms with E-state index in [1.807, 2.05) is 23.6 Å². The second kappa shape index (κ2) is 13.4. The van der Waals surface area contributed by atoms with Gasteiger partial charge < -0.3 is 43.8 Å². The molecule has 0 spiro atoms.